The number of aryl methyl sites for hydroxylation is 1. The molecule has 1 aromatic heterocycles. The van der Waals surface area contributed by atoms with E-state index in [9.17, 15) is 4.79 Å². The van der Waals surface area contributed by atoms with Gasteiger partial charge in [-0.3, -0.25) is 9.48 Å². The van der Waals surface area contributed by atoms with E-state index in [0.29, 0.717) is 18.2 Å². The Labute approximate surface area is 156 Å². The molecule has 1 atom stereocenters. The number of hydrogen-bond donors (Lipinski definition) is 0. The highest BCUT2D eigenvalue weighted by Crippen LogP contribution is 2.27. The number of piperazine rings is 1. The average Bonchev–Trinajstić information content (AvgIpc) is 3.04. The first-order valence-corrected chi connectivity index (χ1v) is 9.60. The Hall–Kier alpha value is -2.14. The summed E-state index contributed by atoms with van der Waals surface area (Å²) in [5.41, 5.74) is 2.92. The molecule has 0 radical (unpaired) electrons. The number of amides is 1. The minimum atomic E-state index is 0.0798. The van der Waals surface area contributed by atoms with Crippen LogP contribution in [0.4, 0.5) is 0 Å². The van der Waals surface area contributed by atoms with Crippen molar-refractivity contribution in [2.75, 3.05) is 26.7 Å². The highest BCUT2D eigenvalue weighted by atomic mass is 16.2. The van der Waals surface area contributed by atoms with Gasteiger partial charge in [0.05, 0.1) is 11.7 Å². The number of benzene rings is 1. The zero-order valence-corrected chi connectivity index (χ0v) is 16.4. The minimum absolute atomic E-state index is 0.0798. The second-order valence-electron chi connectivity index (χ2n) is 7.62. The smallest absolute Gasteiger partial charge is 0.272 e. The van der Waals surface area contributed by atoms with E-state index < -0.39 is 0 Å². The van der Waals surface area contributed by atoms with Gasteiger partial charge >= 0.3 is 0 Å². The fourth-order valence-electron chi connectivity index (χ4n) is 3.67. The van der Waals surface area contributed by atoms with Gasteiger partial charge in [0.15, 0.2) is 0 Å². The molecule has 0 aliphatic carbocycles. The van der Waals surface area contributed by atoms with Crippen molar-refractivity contribution in [1.29, 1.82) is 0 Å². The number of likely N-dealkylation sites (N-methyl/N-ethyl adjacent to an activating group) is 1. The normalized spacial score (nSPS) is 18.5. The minimum Gasteiger partial charge on any atom is -0.328 e. The molecule has 2 heterocycles. The van der Waals surface area contributed by atoms with Crippen LogP contribution in [0.15, 0.2) is 36.4 Å². The molecular formula is C21H30N4O. The zero-order chi connectivity index (χ0) is 18.7. The number of hydrogen-bond acceptors (Lipinski definition) is 3. The largest absolute Gasteiger partial charge is 0.328 e. The third kappa shape index (κ3) is 3.98. The maximum atomic E-state index is 13.4. The summed E-state index contributed by atoms with van der Waals surface area (Å²) in [4.78, 5) is 17.7. The maximum absolute atomic E-state index is 13.4. The molecule has 140 valence electrons. The summed E-state index contributed by atoms with van der Waals surface area (Å²) in [6.45, 7) is 9.60. The molecule has 5 nitrogen and oxygen atoms in total. The molecule has 1 fully saturated rings. The van der Waals surface area contributed by atoms with Crippen molar-refractivity contribution in [1.82, 2.24) is 19.6 Å². The third-order valence-electron chi connectivity index (χ3n) is 5.00. The summed E-state index contributed by atoms with van der Waals surface area (Å²) in [5.74, 6) is 0.621. The van der Waals surface area contributed by atoms with Crippen molar-refractivity contribution in [2.45, 2.75) is 39.8 Å². The summed E-state index contributed by atoms with van der Waals surface area (Å²) in [5, 5.41) is 4.66. The number of rotatable bonds is 5. The van der Waals surface area contributed by atoms with Crippen molar-refractivity contribution < 1.29 is 4.79 Å². The molecule has 1 aliphatic rings. The second-order valence-corrected chi connectivity index (χ2v) is 7.62. The first-order valence-electron chi connectivity index (χ1n) is 9.60. The number of nitrogens with zero attached hydrogens (tertiary/aromatic N) is 4. The molecule has 2 aromatic rings. The van der Waals surface area contributed by atoms with Gasteiger partial charge in [0.2, 0.25) is 0 Å². The van der Waals surface area contributed by atoms with Gasteiger partial charge in [0.1, 0.15) is 5.69 Å². The molecule has 0 bridgehead atoms. The van der Waals surface area contributed by atoms with E-state index >= 15 is 0 Å². The van der Waals surface area contributed by atoms with Crippen LogP contribution in [0.5, 0.6) is 0 Å². The monoisotopic (exact) mass is 354 g/mol. The molecular weight excluding hydrogens is 324 g/mol. The van der Waals surface area contributed by atoms with E-state index in [-0.39, 0.29) is 11.9 Å². The van der Waals surface area contributed by atoms with E-state index in [1.807, 2.05) is 40.8 Å². The van der Waals surface area contributed by atoms with Gasteiger partial charge < -0.3 is 9.80 Å². The highest BCUT2D eigenvalue weighted by Gasteiger charge is 2.32. The Morgan fingerprint density at radius 3 is 2.62 bits per heavy atom. The summed E-state index contributed by atoms with van der Waals surface area (Å²) < 4.78 is 1.86. The van der Waals surface area contributed by atoms with Gasteiger partial charge in [-0.25, -0.2) is 0 Å². The maximum Gasteiger partial charge on any atom is 0.272 e. The molecule has 3 rings (SSSR count). The second kappa shape index (κ2) is 8.04. The van der Waals surface area contributed by atoms with Crippen molar-refractivity contribution in [3.05, 3.63) is 53.3 Å². The van der Waals surface area contributed by atoms with Crippen LogP contribution in [-0.2, 0) is 13.0 Å². The van der Waals surface area contributed by atoms with Crippen molar-refractivity contribution >= 4 is 5.91 Å². The van der Waals surface area contributed by atoms with Gasteiger partial charge in [0, 0.05) is 26.2 Å². The van der Waals surface area contributed by atoms with Gasteiger partial charge in [0.25, 0.3) is 5.91 Å². The van der Waals surface area contributed by atoms with Crippen LogP contribution in [0.2, 0.25) is 0 Å². The average molecular weight is 354 g/mol. The molecule has 1 amide bonds. The molecule has 1 aromatic carbocycles. The quantitative estimate of drug-likeness (QED) is 0.828. The lowest BCUT2D eigenvalue weighted by Crippen LogP contribution is -2.49. The predicted octanol–water partition coefficient (Wildman–Crippen LogP) is 3.23. The van der Waals surface area contributed by atoms with Crippen LogP contribution in [-0.4, -0.2) is 52.2 Å². The Morgan fingerprint density at radius 2 is 1.96 bits per heavy atom. The van der Waals surface area contributed by atoms with E-state index in [4.69, 9.17) is 0 Å². The molecule has 1 saturated heterocycles. The van der Waals surface area contributed by atoms with Crippen LogP contribution in [0.3, 0.4) is 0 Å². The molecule has 26 heavy (non-hydrogen) atoms. The fraction of sp³-hybridized carbons (Fsp3) is 0.524. The van der Waals surface area contributed by atoms with E-state index in [1.165, 1.54) is 5.56 Å². The molecule has 0 saturated carbocycles. The predicted molar refractivity (Wildman–Crippen MR) is 104 cm³/mol. The number of aromatic nitrogens is 2. The molecule has 5 heteroatoms. The SMILES string of the molecule is CCn1nc(CC(C)C)cc1C(=O)N1CCN(C)CC1c1ccccc1. The van der Waals surface area contributed by atoms with Gasteiger partial charge in [-0.2, -0.15) is 5.10 Å². The first kappa shape index (κ1) is 18.6. The van der Waals surface area contributed by atoms with Crippen LogP contribution in [0.25, 0.3) is 0 Å². The lowest BCUT2D eigenvalue weighted by Gasteiger charge is -2.40. The number of carbonyl (C=O) groups is 1. The Kier molecular flexibility index (Phi) is 5.77. The van der Waals surface area contributed by atoms with E-state index in [0.717, 1.165) is 31.7 Å². The molecule has 1 aliphatic heterocycles. The molecule has 0 spiro atoms. The summed E-state index contributed by atoms with van der Waals surface area (Å²) in [7, 11) is 2.12. The molecule has 0 N–H and O–H groups in total. The fourth-order valence-corrected chi connectivity index (χ4v) is 3.67. The van der Waals surface area contributed by atoms with Crippen molar-refractivity contribution in [3.63, 3.8) is 0 Å². The topological polar surface area (TPSA) is 41.4 Å². The Bertz CT molecular complexity index is 738. The lowest BCUT2D eigenvalue weighted by molar-refractivity contribution is 0.0486. The zero-order valence-electron chi connectivity index (χ0n) is 16.4. The summed E-state index contributed by atoms with van der Waals surface area (Å²) in [6, 6.07) is 12.4. The van der Waals surface area contributed by atoms with Gasteiger partial charge in [-0.15, -0.1) is 0 Å². The van der Waals surface area contributed by atoms with Gasteiger partial charge in [-0.1, -0.05) is 44.2 Å². The van der Waals surface area contributed by atoms with Crippen LogP contribution >= 0.6 is 0 Å². The first-order chi connectivity index (χ1) is 12.5. The Morgan fingerprint density at radius 1 is 1.23 bits per heavy atom. The van der Waals surface area contributed by atoms with Crippen molar-refractivity contribution in [3.8, 4) is 0 Å². The van der Waals surface area contributed by atoms with Gasteiger partial charge in [-0.05, 0) is 37.9 Å². The third-order valence-corrected chi connectivity index (χ3v) is 5.00. The molecule has 1 unspecified atom stereocenters. The lowest BCUT2D eigenvalue weighted by atomic mass is 10.0. The highest BCUT2D eigenvalue weighted by molar-refractivity contribution is 5.93. The van der Waals surface area contributed by atoms with Crippen molar-refractivity contribution in [2.24, 2.45) is 5.92 Å². The van der Waals surface area contributed by atoms with E-state index in [1.54, 1.807) is 0 Å². The van der Waals surface area contributed by atoms with Crippen LogP contribution < -0.4 is 0 Å². The standard InChI is InChI=1S/C21H30N4O/c1-5-25-19(14-18(22-25)13-16(2)3)21(26)24-12-11-23(4)15-20(24)17-9-7-6-8-10-17/h6-10,14,16,20H,5,11-13,15H2,1-4H3. The van der Waals surface area contributed by atoms with Crippen LogP contribution in [0, 0.1) is 5.92 Å². The Balaban J connectivity index is 1.90. The summed E-state index contributed by atoms with van der Waals surface area (Å²) >= 11 is 0. The summed E-state index contributed by atoms with van der Waals surface area (Å²) in [6.07, 6.45) is 0.901. The van der Waals surface area contributed by atoms with E-state index in [2.05, 4.69) is 43.0 Å². The number of carbonyl (C=O) groups excluding carboxylic acids is 1. The van der Waals surface area contributed by atoms with Crippen LogP contribution in [0.1, 0.15) is 48.6 Å².